The van der Waals surface area contributed by atoms with Crippen LogP contribution in [0, 0.1) is 11.3 Å². The summed E-state index contributed by atoms with van der Waals surface area (Å²) in [5.74, 6) is 0. The summed E-state index contributed by atoms with van der Waals surface area (Å²) in [7, 11) is 0. The van der Waals surface area contributed by atoms with Gasteiger partial charge in [0.05, 0.1) is 23.3 Å². The molecule has 1 aromatic heterocycles. The molecule has 2 N–H and O–H groups in total. The van der Waals surface area contributed by atoms with E-state index in [4.69, 9.17) is 4.74 Å². The van der Waals surface area contributed by atoms with E-state index in [-0.39, 0.29) is 12.2 Å². The van der Waals surface area contributed by atoms with E-state index in [1.165, 1.54) is 16.8 Å². The maximum atomic E-state index is 9.50. The van der Waals surface area contributed by atoms with Crippen LogP contribution < -0.4 is 15.5 Å². The van der Waals surface area contributed by atoms with E-state index in [2.05, 4.69) is 68.7 Å². The molecule has 3 aromatic rings. The predicted molar refractivity (Wildman–Crippen MR) is 138 cm³/mol. The van der Waals surface area contributed by atoms with Crippen LogP contribution in [-0.4, -0.2) is 60.9 Å². The summed E-state index contributed by atoms with van der Waals surface area (Å²) in [6.45, 7) is 8.84. The van der Waals surface area contributed by atoms with Crippen LogP contribution in [0.1, 0.15) is 30.0 Å². The highest BCUT2D eigenvalue weighted by atomic mass is 16.5. The number of aromatic nitrogens is 1. The molecule has 0 spiro atoms. The number of benzene rings is 2. The molecule has 3 atom stereocenters. The summed E-state index contributed by atoms with van der Waals surface area (Å²) in [6.07, 6.45) is 3.20. The second kappa shape index (κ2) is 9.46. The maximum Gasteiger partial charge on any atom is 0.101 e. The number of morpholine rings is 1. The van der Waals surface area contributed by atoms with Gasteiger partial charge in [0, 0.05) is 74.8 Å². The molecule has 0 aliphatic carbocycles. The zero-order chi connectivity index (χ0) is 23.8. The number of ether oxygens (including phenoxy) is 1. The van der Waals surface area contributed by atoms with Crippen LogP contribution in [0.15, 0.2) is 48.7 Å². The van der Waals surface area contributed by atoms with Crippen LogP contribution in [0.4, 0.5) is 11.4 Å². The Balaban J connectivity index is 1.11. The Morgan fingerprint density at radius 3 is 2.97 bits per heavy atom. The summed E-state index contributed by atoms with van der Waals surface area (Å²) in [5, 5.41) is 17.7. The maximum absolute atomic E-state index is 9.50. The van der Waals surface area contributed by atoms with Crippen molar-refractivity contribution in [2.45, 2.75) is 44.7 Å². The van der Waals surface area contributed by atoms with Crippen LogP contribution in [0.25, 0.3) is 10.9 Å². The average molecular weight is 469 g/mol. The number of nitrogens with zero attached hydrogens (tertiary/aromatic N) is 4. The van der Waals surface area contributed by atoms with Gasteiger partial charge in [-0.2, -0.15) is 5.26 Å². The number of hydrogen-bond donors (Lipinski definition) is 2. The van der Waals surface area contributed by atoms with Crippen molar-refractivity contribution in [1.29, 1.82) is 5.26 Å². The average Bonchev–Trinajstić information content (AvgIpc) is 3.52. The van der Waals surface area contributed by atoms with E-state index in [0.29, 0.717) is 11.6 Å². The SMILES string of the molecule is CC1CN(c2ccc(C#N)c3ncccc23)CC(CN2CCC(Nc3ccc4c(c3)CNC4)C2)O1. The third-order valence-electron chi connectivity index (χ3n) is 7.48. The molecule has 4 heterocycles. The fraction of sp³-hybridized carbons (Fsp3) is 0.429. The van der Waals surface area contributed by atoms with E-state index < -0.39 is 0 Å². The number of nitriles is 1. The lowest BCUT2D eigenvalue weighted by Crippen LogP contribution is -2.50. The second-order valence-electron chi connectivity index (χ2n) is 10.1. The fourth-order valence-corrected chi connectivity index (χ4v) is 5.89. The van der Waals surface area contributed by atoms with Crippen LogP contribution in [0.5, 0.6) is 0 Å². The summed E-state index contributed by atoms with van der Waals surface area (Å²) >= 11 is 0. The summed E-state index contributed by atoms with van der Waals surface area (Å²) < 4.78 is 6.38. The number of fused-ring (bicyclic) bond motifs is 2. The van der Waals surface area contributed by atoms with Gasteiger partial charge in [-0.15, -0.1) is 0 Å². The number of pyridine rings is 1. The van der Waals surface area contributed by atoms with Gasteiger partial charge >= 0.3 is 0 Å². The standard InChI is InChI=1S/C28H32N6O/c1-19-15-34(27-7-5-20(12-29)28-26(27)3-2-9-31-28)18-25(35-19)17-33-10-8-24(16-33)32-23-6-4-21-13-30-14-22(21)11-23/h2-7,9,11,19,24-25,30,32H,8,10,13-18H2,1H3. The minimum atomic E-state index is 0.144. The van der Waals surface area contributed by atoms with Crippen molar-refractivity contribution in [3.05, 3.63) is 65.4 Å². The minimum absolute atomic E-state index is 0.144. The van der Waals surface area contributed by atoms with Gasteiger partial charge in [0.2, 0.25) is 0 Å². The van der Waals surface area contributed by atoms with Gasteiger partial charge in [0.1, 0.15) is 6.07 Å². The van der Waals surface area contributed by atoms with Crippen molar-refractivity contribution in [2.75, 3.05) is 42.9 Å². The highest BCUT2D eigenvalue weighted by Gasteiger charge is 2.31. The number of nitrogens with one attached hydrogen (secondary N) is 2. The minimum Gasteiger partial charge on any atom is -0.381 e. The summed E-state index contributed by atoms with van der Waals surface area (Å²) in [5.41, 5.74) is 6.60. The molecule has 2 aromatic carbocycles. The largest absolute Gasteiger partial charge is 0.381 e. The molecule has 0 radical (unpaired) electrons. The van der Waals surface area contributed by atoms with E-state index >= 15 is 0 Å². The molecular formula is C28H32N6O. The molecule has 6 rings (SSSR count). The topological polar surface area (TPSA) is 76.5 Å². The first-order valence-corrected chi connectivity index (χ1v) is 12.7. The smallest absolute Gasteiger partial charge is 0.101 e. The second-order valence-corrected chi connectivity index (χ2v) is 10.1. The lowest BCUT2D eigenvalue weighted by atomic mass is 10.1. The van der Waals surface area contributed by atoms with Gasteiger partial charge in [-0.3, -0.25) is 9.88 Å². The first-order valence-electron chi connectivity index (χ1n) is 12.7. The molecule has 180 valence electrons. The van der Waals surface area contributed by atoms with Crippen molar-refractivity contribution in [2.24, 2.45) is 0 Å². The Bertz CT molecular complexity index is 1270. The molecule has 3 aliphatic heterocycles. The monoisotopic (exact) mass is 468 g/mol. The molecule has 2 saturated heterocycles. The highest BCUT2D eigenvalue weighted by molar-refractivity contribution is 5.95. The van der Waals surface area contributed by atoms with Crippen molar-refractivity contribution in [3.8, 4) is 6.07 Å². The molecule has 0 bridgehead atoms. The van der Waals surface area contributed by atoms with Crippen molar-refractivity contribution >= 4 is 22.3 Å². The third-order valence-corrected chi connectivity index (χ3v) is 7.48. The van der Waals surface area contributed by atoms with Gasteiger partial charge in [-0.05, 0) is 60.9 Å². The molecule has 3 aliphatic rings. The molecular weight excluding hydrogens is 436 g/mol. The van der Waals surface area contributed by atoms with Gasteiger partial charge in [0.25, 0.3) is 0 Å². The van der Waals surface area contributed by atoms with Gasteiger partial charge in [0.15, 0.2) is 0 Å². The van der Waals surface area contributed by atoms with Crippen LogP contribution in [0.3, 0.4) is 0 Å². The van der Waals surface area contributed by atoms with Crippen LogP contribution in [0.2, 0.25) is 0 Å². The Morgan fingerprint density at radius 1 is 1.14 bits per heavy atom. The fourth-order valence-electron chi connectivity index (χ4n) is 5.89. The molecule has 2 fully saturated rings. The van der Waals surface area contributed by atoms with Crippen molar-refractivity contribution in [1.82, 2.24) is 15.2 Å². The Labute approximate surface area is 206 Å². The zero-order valence-corrected chi connectivity index (χ0v) is 20.2. The molecule has 0 amide bonds. The summed E-state index contributed by atoms with van der Waals surface area (Å²) in [6, 6.07) is 17.5. The van der Waals surface area contributed by atoms with Gasteiger partial charge in [-0.1, -0.05) is 6.07 Å². The Morgan fingerprint density at radius 2 is 2.06 bits per heavy atom. The predicted octanol–water partition coefficient (Wildman–Crippen LogP) is 3.49. The lowest BCUT2D eigenvalue weighted by molar-refractivity contribution is -0.0294. The van der Waals surface area contributed by atoms with Crippen molar-refractivity contribution < 1.29 is 4.74 Å². The third kappa shape index (κ3) is 4.57. The van der Waals surface area contributed by atoms with E-state index in [1.807, 2.05) is 12.1 Å². The molecule has 3 unspecified atom stereocenters. The van der Waals surface area contributed by atoms with Gasteiger partial charge < -0.3 is 20.3 Å². The van der Waals surface area contributed by atoms with E-state index in [9.17, 15) is 5.26 Å². The number of rotatable bonds is 5. The zero-order valence-electron chi connectivity index (χ0n) is 20.2. The normalized spacial score (nSPS) is 24.5. The highest BCUT2D eigenvalue weighted by Crippen LogP contribution is 2.31. The molecule has 7 heteroatoms. The van der Waals surface area contributed by atoms with Crippen LogP contribution >= 0.6 is 0 Å². The molecule has 0 saturated carbocycles. The number of anilines is 2. The summed E-state index contributed by atoms with van der Waals surface area (Å²) in [4.78, 5) is 9.44. The lowest BCUT2D eigenvalue weighted by Gasteiger charge is -2.40. The first kappa shape index (κ1) is 22.3. The quantitative estimate of drug-likeness (QED) is 0.594. The van der Waals surface area contributed by atoms with E-state index in [1.54, 1.807) is 6.20 Å². The Hall–Kier alpha value is -3.18. The van der Waals surface area contributed by atoms with E-state index in [0.717, 1.165) is 68.8 Å². The molecule has 35 heavy (non-hydrogen) atoms. The van der Waals surface area contributed by atoms with Crippen LogP contribution in [-0.2, 0) is 17.8 Å². The Kier molecular flexibility index (Phi) is 6.03. The number of likely N-dealkylation sites (tertiary alicyclic amines) is 1. The van der Waals surface area contributed by atoms with Crippen molar-refractivity contribution in [3.63, 3.8) is 0 Å². The number of hydrogen-bond acceptors (Lipinski definition) is 7. The first-order chi connectivity index (χ1) is 17.2. The molecule has 7 nitrogen and oxygen atoms in total. The van der Waals surface area contributed by atoms with Gasteiger partial charge in [-0.25, -0.2) is 0 Å².